The van der Waals surface area contributed by atoms with E-state index in [0.29, 0.717) is 11.8 Å². The van der Waals surface area contributed by atoms with Crippen molar-refractivity contribution in [3.63, 3.8) is 0 Å². The molecule has 17 heavy (non-hydrogen) atoms. The lowest BCUT2D eigenvalue weighted by molar-refractivity contribution is 0.860. The maximum atomic E-state index is 5.60. The highest BCUT2D eigenvalue weighted by atomic mass is 79.9. The quantitative estimate of drug-likeness (QED) is 0.913. The Kier molecular flexibility index (Phi) is 3.58. The molecule has 0 fully saturated rings. The van der Waals surface area contributed by atoms with Crippen molar-refractivity contribution >= 4 is 27.7 Å². The highest BCUT2D eigenvalue weighted by Crippen LogP contribution is 2.20. The molecule has 0 saturated heterocycles. The Balaban J connectivity index is 2.14. The first-order chi connectivity index (χ1) is 8.15. The van der Waals surface area contributed by atoms with Crippen molar-refractivity contribution in [3.8, 4) is 0 Å². The van der Waals surface area contributed by atoms with Gasteiger partial charge in [-0.2, -0.15) is 4.98 Å². The summed E-state index contributed by atoms with van der Waals surface area (Å²) < 4.78 is 1.05. The first kappa shape index (κ1) is 11.9. The summed E-state index contributed by atoms with van der Waals surface area (Å²) in [5.74, 6) is 1.00. The van der Waals surface area contributed by atoms with Crippen LogP contribution in [0.1, 0.15) is 18.5 Å². The van der Waals surface area contributed by atoms with Gasteiger partial charge >= 0.3 is 0 Å². The molecule has 1 unspecified atom stereocenters. The molecule has 0 aliphatic rings. The SMILES string of the molecule is CC(Nc1nccc(N)n1)c1cccc(Br)c1. The number of nitrogens with one attached hydrogen (secondary N) is 1. The van der Waals surface area contributed by atoms with E-state index in [4.69, 9.17) is 5.73 Å². The zero-order valence-electron chi connectivity index (χ0n) is 9.39. The highest BCUT2D eigenvalue weighted by Gasteiger charge is 2.07. The zero-order valence-corrected chi connectivity index (χ0v) is 11.0. The van der Waals surface area contributed by atoms with Crippen LogP contribution in [0.4, 0.5) is 11.8 Å². The average Bonchev–Trinajstić information content (AvgIpc) is 2.29. The Morgan fingerprint density at radius 1 is 1.35 bits per heavy atom. The second-order valence-electron chi connectivity index (χ2n) is 3.73. The lowest BCUT2D eigenvalue weighted by atomic mass is 10.1. The van der Waals surface area contributed by atoms with E-state index in [9.17, 15) is 0 Å². The van der Waals surface area contributed by atoms with Gasteiger partial charge in [-0.25, -0.2) is 4.98 Å². The maximum absolute atomic E-state index is 5.60. The molecule has 1 aromatic heterocycles. The van der Waals surface area contributed by atoms with Gasteiger partial charge in [-0.15, -0.1) is 0 Å². The summed E-state index contributed by atoms with van der Waals surface area (Å²) in [6.45, 7) is 2.05. The van der Waals surface area contributed by atoms with E-state index in [0.717, 1.165) is 10.0 Å². The minimum absolute atomic E-state index is 0.120. The van der Waals surface area contributed by atoms with Crippen molar-refractivity contribution in [2.45, 2.75) is 13.0 Å². The van der Waals surface area contributed by atoms with Crippen molar-refractivity contribution in [2.75, 3.05) is 11.1 Å². The molecule has 0 spiro atoms. The van der Waals surface area contributed by atoms with Crippen LogP contribution in [0, 0.1) is 0 Å². The van der Waals surface area contributed by atoms with E-state index >= 15 is 0 Å². The minimum atomic E-state index is 0.120. The average molecular weight is 293 g/mol. The topological polar surface area (TPSA) is 63.8 Å². The molecule has 1 aromatic carbocycles. The Morgan fingerprint density at radius 3 is 2.88 bits per heavy atom. The van der Waals surface area contributed by atoms with Gasteiger partial charge in [0, 0.05) is 10.7 Å². The summed E-state index contributed by atoms with van der Waals surface area (Å²) in [5, 5.41) is 3.20. The van der Waals surface area contributed by atoms with Crippen molar-refractivity contribution in [1.82, 2.24) is 9.97 Å². The van der Waals surface area contributed by atoms with E-state index in [-0.39, 0.29) is 6.04 Å². The molecule has 5 heteroatoms. The van der Waals surface area contributed by atoms with Gasteiger partial charge in [-0.3, -0.25) is 0 Å². The van der Waals surface area contributed by atoms with Crippen LogP contribution in [0.15, 0.2) is 41.0 Å². The van der Waals surface area contributed by atoms with Gasteiger partial charge in [0.25, 0.3) is 0 Å². The lowest BCUT2D eigenvalue weighted by Gasteiger charge is -2.14. The van der Waals surface area contributed by atoms with E-state index in [2.05, 4.69) is 43.3 Å². The fraction of sp³-hybridized carbons (Fsp3) is 0.167. The van der Waals surface area contributed by atoms with Gasteiger partial charge in [0.2, 0.25) is 5.95 Å². The molecule has 1 heterocycles. The normalized spacial score (nSPS) is 12.1. The van der Waals surface area contributed by atoms with Gasteiger partial charge in [-0.05, 0) is 30.7 Å². The molecule has 2 aromatic rings. The number of benzene rings is 1. The third-order valence-electron chi connectivity index (χ3n) is 2.37. The predicted octanol–water partition coefficient (Wildman–Crippen LogP) is 2.99. The van der Waals surface area contributed by atoms with E-state index in [1.165, 1.54) is 0 Å². The summed E-state index contributed by atoms with van der Waals surface area (Å²) >= 11 is 3.45. The molecule has 0 aliphatic carbocycles. The summed E-state index contributed by atoms with van der Waals surface area (Å²) in [4.78, 5) is 8.22. The second-order valence-corrected chi connectivity index (χ2v) is 4.64. The van der Waals surface area contributed by atoms with Gasteiger partial charge in [-0.1, -0.05) is 28.1 Å². The molecule has 1 atom stereocenters. The molecular weight excluding hydrogens is 280 g/mol. The predicted molar refractivity (Wildman–Crippen MR) is 72.6 cm³/mol. The van der Waals surface area contributed by atoms with Crippen molar-refractivity contribution in [3.05, 3.63) is 46.6 Å². The van der Waals surface area contributed by atoms with Crippen LogP contribution in [0.2, 0.25) is 0 Å². The number of nitrogen functional groups attached to an aromatic ring is 1. The smallest absolute Gasteiger partial charge is 0.225 e. The number of nitrogens with zero attached hydrogens (tertiary/aromatic N) is 2. The molecule has 0 bridgehead atoms. The third-order valence-corrected chi connectivity index (χ3v) is 2.86. The minimum Gasteiger partial charge on any atom is -0.384 e. The van der Waals surface area contributed by atoms with Crippen LogP contribution in [-0.2, 0) is 0 Å². The number of halogens is 1. The van der Waals surface area contributed by atoms with Gasteiger partial charge < -0.3 is 11.1 Å². The maximum Gasteiger partial charge on any atom is 0.225 e. The van der Waals surface area contributed by atoms with Gasteiger partial charge in [0.1, 0.15) is 5.82 Å². The summed E-state index contributed by atoms with van der Waals surface area (Å²) in [5.41, 5.74) is 6.76. The third kappa shape index (κ3) is 3.17. The van der Waals surface area contributed by atoms with E-state index in [1.54, 1.807) is 12.3 Å². The molecule has 0 saturated carbocycles. The van der Waals surface area contributed by atoms with E-state index < -0.39 is 0 Å². The summed E-state index contributed by atoms with van der Waals surface area (Å²) in [7, 11) is 0. The van der Waals surface area contributed by atoms with E-state index in [1.807, 2.05) is 19.1 Å². The molecule has 3 N–H and O–H groups in total. The number of aromatic nitrogens is 2. The van der Waals surface area contributed by atoms with Crippen molar-refractivity contribution < 1.29 is 0 Å². The van der Waals surface area contributed by atoms with Crippen LogP contribution in [0.5, 0.6) is 0 Å². The lowest BCUT2D eigenvalue weighted by Crippen LogP contribution is -2.10. The number of nitrogens with two attached hydrogens (primary N) is 1. The number of hydrogen-bond donors (Lipinski definition) is 2. The summed E-state index contributed by atoms with van der Waals surface area (Å²) in [6.07, 6.45) is 1.64. The van der Waals surface area contributed by atoms with Gasteiger partial charge in [0.05, 0.1) is 6.04 Å². The fourth-order valence-corrected chi connectivity index (χ4v) is 1.91. The largest absolute Gasteiger partial charge is 0.384 e. The molecule has 0 amide bonds. The molecule has 2 rings (SSSR count). The number of hydrogen-bond acceptors (Lipinski definition) is 4. The Bertz CT molecular complexity index is 515. The van der Waals surface area contributed by atoms with Crippen LogP contribution in [0.3, 0.4) is 0 Å². The van der Waals surface area contributed by atoms with Crippen LogP contribution < -0.4 is 11.1 Å². The van der Waals surface area contributed by atoms with Crippen molar-refractivity contribution in [1.29, 1.82) is 0 Å². The monoisotopic (exact) mass is 292 g/mol. The molecule has 4 nitrogen and oxygen atoms in total. The number of anilines is 2. The fourth-order valence-electron chi connectivity index (χ4n) is 1.50. The van der Waals surface area contributed by atoms with Crippen LogP contribution >= 0.6 is 15.9 Å². The standard InChI is InChI=1S/C12H13BrN4/c1-8(9-3-2-4-10(13)7-9)16-12-15-6-5-11(14)17-12/h2-8H,1H3,(H3,14,15,16,17). The van der Waals surface area contributed by atoms with Crippen LogP contribution in [0.25, 0.3) is 0 Å². The molecule has 0 aliphatic heterocycles. The van der Waals surface area contributed by atoms with Crippen LogP contribution in [-0.4, -0.2) is 9.97 Å². The highest BCUT2D eigenvalue weighted by molar-refractivity contribution is 9.10. The molecule has 0 radical (unpaired) electrons. The Morgan fingerprint density at radius 2 is 2.18 bits per heavy atom. The Hall–Kier alpha value is -1.62. The van der Waals surface area contributed by atoms with Gasteiger partial charge in [0.15, 0.2) is 0 Å². The molecule has 88 valence electrons. The number of rotatable bonds is 3. The second kappa shape index (κ2) is 5.14. The first-order valence-corrected chi connectivity index (χ1v) is 6.05. The molecular formula is C12H13BrN4. The first-order valence-electron chi connectivity index (χ1n) is 5.25. The summed E-state index contributed by atoms with van der Waals surface area (Å²) in [6, 6.07) is 9.88. The van der Waals surface area contributed by atoms with Crippen molar-refractivity contribution in [2.24, 2.45) is 0 Å². The Labute approximate surface area is 108 Å². The zero-order chi connectivity index (χ0) is 12.3.